The average Bonchev–Trinajstić information content (AvgIpc) is 2.83. The van der Waals surface area contributed by atoms with Crippen molar-refractivity contribution < 1.29 is 19.2 Å². The van der Waals surface area contributed by atoms with Gasteiger partial charge in [-0.05, 0) is 44.4 Å². The summed E-state index contributed by atoms with van der Waals surface area (Å²) in [6, 6.07) is 6.52. The van der Waals surface area contributed by atoms with Crippen LogP contribution in [-0.4, -0.2) is 40.6 Å². The smallest absolute Gasteiger partial charge is 0.262 e. The molecule has 8 heteroatoms. The molecule has 7 nitrogen and oxygen atoms in total. The first-order valence-corrected chi connectivity index (χ1v) is 8.03. The van der Waals surface area contributed by atoms with Gasteiger partial charge in [0.05, 0.1) is 11.1 Å². The molecule has 134 valence electrons. The van der Waals surface area contributed by atoms with E-state index in [0.717, 1.165) is 4.90 Å². The van der Waals surface area contributed by atoms with E-state index in [1.54, 1.807) is 24.3 Å². The maximum Gasteiger partial charge on any atom is 0.262 e. The molecule has 4 amide bonds. The molecule has 25 heavy (non-hydrogen) atoms. The van der Waals surface area contributed by atoms with Gasteiger partial charge in [-0.15, -0.1) is 12.4 Å². The van der Waals surface area contributed by atoms with E-state index in [2.05, 4.69) is 5.32 Å². The van der Waals surface area contributed by atoms with E-state index in [1.165, 1.54) is 0 Å². The Labute approximate surface area is 151 Å². The van der Waals surface area contributed by atoms with Crippen molar-refractivity contribution in [2.24, 2.45) is 5.73 Å². The van der Waals surface area contributed by atoms with Gasteiger partial charge in [-0.1, -0.05) is 12.1 Å². The fraction of sp³-hybridized carbons (Fsp3) is 0.412. The van der Waals surface area contributed by atoms with Crippen molar-refractivity contribution in [2.45, 2.75) is 37.6 Å². The quantitative estimate of drug-likeness (QED) is 0.597. The van der Waals surface area contributed by atoms with Gasteiger partial charge in [0.25, 0.3) is 17.7 Å². The number of nitrogens with two attached hydrogens (primary N) is 1. The molecule has 1 fully saturated rings. The van der Waals surface area contributed by atoms with Crippen LogP contribution in [-0.2, 0) is 9.59 Å². The zero-order valence-electron chi connectivity index (χ0n) is 13.6. The minimum atomic E-state index is -1.32. The van der Waals surface area contributed by atoms with Crippen LogP contribution in [0.3, 0.4) is 0 Å². The number of nitrogens with zero attached hydrogens (tertiary/aromatic N) is 1. The number of carbonyl (C=O) groups excluding carboxylic acids is 4. The maximum atomic E-state index is 12.8. The van der Waals surface area contributed by atoms with Gasteiger partial charge in [-0.25, -0.2) is 0 Å². The molecule has 0 spiro atoms. The summed E-state index contributed by atoms with van der Waals surface area (Å²) in [4.78, 5) is 50.8. The van der Waals surface area contributed by atoms with Crippen LogP contribution in [0.15, 0.2) is 24.3 Å². The maximum absolute atomic E-state index is 12.8. The number of hydrogen-bond acceptors (Lipinski definition) is 5. The van der Waals surface area contributed by atoms with Crippen LogP contribution >= 0.6 is 12.4 Å². The van der Waals surface area contributed by atoms with Gasteiger partial charge in [0.2, 0.25) is 5.91 Å². The van der Waals surface area contributed by atoms with Crippen LogP contribution in [0.2, 0.25) is 0 Å². The van der Waals surface area contributed by atoms with Gasteiger partial charge >= 0.3 is 0 Å². The van der Waals surface area contributed by atoms with E-state index in [9.17, 15) is 19.2 Å². The van der Waals surface area contributed by atoms with Crippen molar-refractivity contribution in [3.63, 3.8) is 0 Å². The molecule has 0 radical (unpaired) electrons. The molecule has 1 aromatic rings. The van der Waals surface area contributed by atoms with Gasteiger partial charge < -0.3 is 5.73 Å². The molecule has 0 aromatic heterocycles. The summed E-state index contributed by atoms with van der Waals surface area (Å²) >= 11 is 0. The topological polar surface area (TPSA) is 110 Å². The average molecular weight is 366 g/mol. The van der Waals surface area contributed by atoms with E-state index < -0.39 is 23.3 Å². The minimum Gasteiger partial charge on any atom is -0.330 e. The number of carbonyl (C=O) groups is 4. The number of unbranched alkanes of at least 4 members (excludes halogenated alkanes) is 1. The van der Waals surface area contributed by atoms with E-state index in [-0.39, 0.29) is 31.2 Å². The first-order valence-electron chi connectivity index (χ1n) is 8.03. The lowest BCUT2D eigenvalue weighted by molar-refractivity contribution is -0.142. The number of amides is 4. The molecule has 2 heterocycles. The van der Waals surface area contributed by atoms with Crippen LogP contribution in [0.1, 0.15) is 52.8 Å². The third kappa shape index (κ3) is 3.05. The Kier molecular flexibility index (Phi) is 5.59. The van der Waals surface area contributed by atoms with Crippen molar-refractivity contribution >= 4 is 36.0 Å². The van der Waals surface area contributed by atoms with Gasteiger partial charge in [-0.2, -0.15) is 0 Å². The highest BCUT2D eigenvalue weighted by Gasteiger charge is 2.54. The first-order chi connectivity index (χ1) is 11.5. The Morgan fingerprint density at radius 3 is 2.16 bits per heavy atom. The van der Waals surface area contributed by atoms with Crippen molar-refractivity contribution in [3.05, 3.63) is 35.4 Å². The number of nitrogens with one attached hydrogen (secondary N) is 1. The van der Waals surface area contributed by atoms with E-state index in [4.69, 9.17) is 5.73 Å². The highest BCUT2D eigenvalue weighted by atomic mass is 35.5. The third-order valence-corrected chi connectivity index (χ3v) is 4.71. The summed E-state index contributed by atoms with van der Waals surface area (Å²) in [6.07, 6.45) is 1.81. The van der Waals surface area contributed by atoms with Crippen LogP contribution in [0.25, 0.3) is 0 Å². The second-order valence-corrected chi connectivity index (χ2v) is 6.15. The SMILES string of the molecule is Cl.NCCCCC1(N2C(=O)c3ccccc3C2=O)CCC(=O)NC1=O. The molecule has 0 aliphatic carbocycles. The van der Waals surface area contributed by atoms with Crippen LogP contribution in [0, 0.1) is 0 Å². The number of halogens is 1. The molecule has 1 atom stereocenters. The monoisotopic (exact) mass is 365 g/mol. The minimum absolute atomic E-state index is 0. The molecule has 1 saturated heterocycles. The lowest BCUT2D eigenvalue weighted by Crippen LogP contribution is -2.64. The lowest BCUT2D eigenvalue weighted by atomic mass is 9.82. The highest BCUT2D eigenvalue weighted by Crippen LogP contribution is 2.37. The van der Waals surface area contributed by atoms with E-state index in [1.807, 2.05) is 0 Å². The molecule has 2 aliphatic heterocycles. The van der Waals surface area contributed by atoms with Crippen LogP contribution < -0.4 is 11.1 Å². The second-order valence-electron chi connectivity index (χ2n) is 6.15. The van der Waals surface area contributed by atoms with Gasteiger partial charge in [-0.3, -0.25) is 29.4 Å². The number of piperidine rings is 1. The number of rotatable bonds is 5. The van der Waals surface area contributed by atoms with Crippen molar-refractivity contribution in [1.29, 1.82) is 0 Å². The Balaban J connectivity index is 0.00000225. The zero-order valence-corrected chi connectivity index (χ0v) is 14.4. The molecule has 0 bridgehead atoms. The van der Waals surface area contributed by atoms with Gasteiger partial charge in [0.1, 0.15) is 5.54 Å². The Hall–Kier alpha value is -2.25. The standard InChI is InChI=1S/C17H19N3O4.ClH/c18-10-4-3-8-17(9-7-13(21)19-16(17)24)20-14(22)11-5-1-2-6-12(11)15(20)23;/h1-2,5-6H,3-4,7-10,18H2,(H,19,21,24);1H. The predicted molar refractivity (Wildman–Crippen MR) is 92.2 cm³/mol. The number of hydrogen-bond donors (Lipinski definition) is 2. The molecule has 0 saturated carbocycles. The molecular formula is C17H20ClN3O4. The molecular weight excluding hydrogens is 346 g/mol. The summed E-state index contributed by atoms with van der Waals surface area (Å²) in [5.74, 6) is -1.92. The summed E-state index contributed by atoms with van der Waals surface area (Å²) in [6.45, 7) is 0.457. The summed E-state index contributed by atoms with van der Waals surface area (Å²) < 4.78 is 0. The Morgan fingerprint density at radius 2 is 1.64 bits per heavy atom. The van der Waals surface area contributed by atoms with Crippen molar-refractivity contribution in [3.8, 4) is 0 Å². The normalized spacial score (nSPS) is 22.5. The van der Waals surface area contributed by atoms with Crippen LogP contribution in [0.5, 0.6) is 0 Å². The van der Waals surface area contributed by atoms with Crippen LogP contribution in [0.4, 0.5) is 0 Å². The highest BCUT2D eigenvalue weighted by molar-refractivity contribution is 6.24. The zero-order chi connectivity index (χ0) is 17.3. The number of imide groups is 2. The van der Waals surface area contributed by atoms with E-state index >= 15 is 0 Å². The lowest BCUT2D eigenvalue weighted by Gasteiger charge is -2.41. The number of benzene rings is 1. The molecule has 1 unspecified atom stereocenters. The molecule has 2 aliphatic rings. The van der Waals surface area contributed by atoms with Gasteiger partial charge in [0, 0.05) is 6.42 Å². The largest absolute Gasteiger partial charge is 0.330 e. The summed E-state index contributed by atoms with van der Waals surface area (Å²) in [5, 5.41) is 2.29. The number of fused-ring (bicyclic) bond motifs is 1. The van der Waals surface area contributed by atoms with Crippen molar-refractivity contribution in [1.82, 2.24) is 10.2 Å². The Morgan fingerprint density at radius 1 is 1.04 bits per heavy atom. The fourth-order valence-electron chi connectivity index (χ4n) is 3.44. The Bertz CT molecular complexity index is 701. The van der Waals surface area contributed by atoms with Gasteiger partial charge in [0.15, 0.2) is 0 Å². The molecule has 3 rings (SSSR count). The summed E-state index contributed by atoms with van der Waals surface area (Å²) in [5.41, 5.74) is 4.79. The van der Waals surface area contributed by atoms with E-state index in [0.29, 0.717) is 36.9 Å². The first kappa shape index (κ1) is 19.1. The summed E-state index contributed by atoms with van der Waals surface area (Å²) in [7, 11) is 0. The fourth-order valence-corrected chi connectivity index (χ4v) is 3.44. The van der Waals surface area contributed by atoms with Crippen molar-refractivity contribution in [2.75, 3.05) is 6.54 Å². The molecule has 3 N–H and O–H groups in total. The second kappa shape index (κ2) is 7.33. The molecule has 1 aromatic carbocycles. The third-order valence-electron chi connectivity index (χ3n) is 4.71. The predicted octanol–water partition coefficient (Wildman–Crippen LogP) is 1.01.